The van der Waals surface area contributed by atoms with E-state index in [0.717, 1.165) is 49.1 Å². The monoisotopic (exact) mass is 400 g/mol. The van der Waals surface area contributed by atoms with Crippen molar-refractivity contribution in [2.75, 3.05) is 13.7 Å². The summed E-state index contributed by atoms with van der Waals surface area (Å²) in [6.45, 7) is 0.581. The Morgan fingerprint density at radius 1 is 1.31 bits per heavy atom. The van der Waals surface area contributed by atoms with Gasteiger partial charge in [0.15, 0.2) is 0 Å². The Morgan fingerprint density at radius 2 is 2.14 bits per heavy atom. The van der Waals surface area contributed by atoms with Crippen molar-refractivity contribution in [3.8, 4) is 17.0 Å². The van der Waals surface area contributed by atoms with Gasteiger partial charge in [0, 0.05) is 18.0 Å². The van der Waals surface area contributed by atoms with E-state index >= 15 is 0 Å². The lowest BCUT2D eigenvalue weighted by Crippen LogP contribution is -2.51. The highest BCUT2D eigenvalue weighted by Gasteiger charge is 2.36. The molecule has 1 saturated carbocycles. The van der Waals surface area contributed by atoms with Gasteiger partial charge in [0.25, 0.3) is 0 Å². The van der Waals surface area contributed by atoms with Gasteiger partial charge in [-0.05, 0) is 44.2 Å². The number of rotatable bonds is 8. The van der Waals surface area contributed by atoms with Crippen LogP contribution in [0.4, 0.5) is 0 Å². The normalized spacial score (nSPS) is 24.3. The maximum Gasteiger partial charge on any atom is 0.223 e. The first-order valence-electron chi connectivity index (χ1n) is 10.3. The van der Waals surface area contributed by atoms with E-state index in [1.807, 2.05) is 30.5 Å². The summed E-state index contributed by atoms with van der Waals surface area (Å²) in [6, 6.07) is 7.62. The third-order valence-electron chi connectivity index (χ3n) is 5.67. The van der Waals surface area contributed by atoms with Crippen LogP contribution in [0.5, 0.6) is 5.75 Å². The van der Waals surface area contributed by atoms with Crippen LogP contribution in [0.15, 0.2) is 30.5 Å². The molecule has 0 bridgehead atoms. The molecule has 2 aromatic rings. The van der Waals surface area contributed by atoms with Gasteiger partial charge in [0.05, 0.1) is 32.1 Å². The molecule has 2 N–H and O–H groups in total. The number of aliphatic hydroxyl groups excluding tert-OH is 1. The van der Waals surface area contributed by atoms with Gasteiger partial charge < -0.3 is 19.9 Å². The number of benzene rings is 1. The van der Waals surface area contributed by atoms with Gasteiger partial charge in [-0.15, -0.1) is 5.10 Å². The molecule has 2 fully saturated rings. The summed E-state index contributed by atoms with van der Waals surface area (Å²) >= 11 is 0. The van der Waals surface area contributed by atoms with Gasteiger partial charge in [-0.2, -0.15) is 0 Å². The van der Waals surface area contributed by atoms with Gasteiger partial charge in [-0.1, -0.05) is 17.3 Å². The van der Waals surface area contributed by atoms with Crippen LogP contribution in [0, 0.1) is 5.92 Å². The third-order valence-corrected chi connectivity index (χ3v) is 5.67. The van der Waals surface area contributed by atoms with Crippen LogP contribution in [0.1, 0.15) is 32.1 Å². The number of amides is 1. The molecule has 1 saturated heterocycles. The summed E-state index contributed by atoms with van der Waals surface area (Å²) in [7, 11) is 1.64. The predicted octanol–water partition coefficient (Wildman–Crippen LogP) is 1.78. The highest BCUT2D eigenvalue weighted by Crippen LogP contribution is 2.30. The number of nitrogens with zero attached hydrogens (tertiary/aromatic N) is 3. The first-order chi connectivity index (χ1) is 14.2. The molecule has 8 heteroatoms. The molecule has 1 aliphatic carbocycles. The number of aryl methyl sites for hydroxylation is 1. The summed E-state index contributed by atoms with van der Waals surface area (Å²) in [5, 5.41) is 21.2. The molecule has 1 aromatic heterocycles. The SMILES string of the molecule is COc1ccccc1-c1cn(CC[C@@H]2CC[C@@H](NC(=O)C3CC3)[C@@H](CO)O2)nn1. The van der Waals surface area contributed by atoms with Crippen molar-refractivity contribution >= 4 is 5.91 Å². The molecule has 2 heterocycles. The van der Waals surface area contributed by atoms with Gasteiger partial charge in [0.1, 0.15) is 17.5 Å². The Hall–Kier alpha value is -2.45. The Bertz CT molecular complexity index is 836. The molecule has 4 rings (SSSR count). The molecule has 0 unspecified atom stereocenters. The predicted molar refractivity (Wildman–Crippen MR) is 106 cm³/mol. The van der Waals surface area contributed by atoms with Gasteiger partial charge in [0.2, 0.25) is 5.91 Å². The zero-order chi connectivity index (χ0) is 20.2. The Balaban J connectivity index is 1.30. The van der Waals surface area contributed by atoms with E-state index < -0.39 is 0 Å². The van der Waals surface area contributed by atoms with E-state index in [4.69, 9.17) is 9.47 Å². The topological polar surface area (TPSA) is 98.5 Å². The molecule has 0 spiro atoms. The molecular weight excluding hydrogens is 372 g/mol. The molecule has 1 aliphatic heterocycles. The molecule has 156 valence electrons. The summed E-state index contributed by atoms with van der Waals surface area (Å²) in [5.74, 6) is 1.03. The number of hydrogen-bond donors (Lipinski definition) is 2. The molecule has 2 aliphatic rings. The van der Waals surface area contributed by atoms with Crippen LogP contribution in [0.2, 0.25) is 0 Å². The highest BCUT2D eigenvalue weighted by molar-refractivity contribution is 5.81. The summed E-state index contributed by atoms with van der Waals surface area (Å²) in [6.07, 6.45) is 5.97. The van der Waals surface area contributed by atoms with Crippen LogP contribution in [-0.4, -0.2) is 58.0 Å². The highest BCUT2D eigenvalue weighted by atomic mass is 16.5. The van der Waals surface area contributed by atoms with Crippen LogP contribution in [0.25, 0.3) is 11.3 Å². The number of para-hydroxylation sites is 1. The second-order valence-corrected chi connectivity index (χ2v) is 7.80. The van der Waals surface area contributed by atoms with Crippen LogP contribution in [-0.2, 0) is 16.1 Å². The molecule has 0 radical (unpaired) electrons. The van der Waals surface area contributed by atoms with Crippen molar-refractivity contribution in [2.24, 2.45) is 5.92 Å². The van der Waals surface area contributed by atoms with Gasteiger partial charge in [-0.25, -0.2) is 0 Å². The first-order valence-corrected chi connectivity index (χ1v) is 10.3. The molecule has 1 aromatic carbocycles. The largest absolute Gasteiger partial charge is 0.496 e. The number of aromatic nitrogens is 3. The van der Waals surface area contributed by atoms with E-state index in [1.165, 1.54) is 0 Å². The van der Waals surface area contributed by atoms with Gasteiger partial charge in [-0.3, -0.25) is 9.48 Å². The number of aliphatic hydroxyl groups is 1. The van der Waals surface area contributed by atoms with Gasteiger partial charge >= 0.3 is 0 Å². The van der Waals surface area contributed by atoms with E-state index in [9.17, 15) is 9.90 Å². The summed E-state index contributed by atoms with van der Waals surface area (Å²) in [4.78, 5) is 12.0. The minimum Gasteiger partial charge on any atom is -0.496 e. The standard InChI is InChI=1S/C21H28N4O4/c1-28-19-5-3-2-4-16(19)18-12-25(24-23-18)11-10-15-8-9-17(20(13-26)29-15)22-21(27)14-6-7-14/h2-5,12,14-15,17,20,26H,6-11,13H2,1H3,(H,22,27)/t15-,17+,20+/m0/s1. The quantitative estimate of drug-likeness (QED) is 0.701. The van der Waals surface area contributed by atoms with E-state index in [2.05, 4.69) is 15.6 Å². The number of hydrogen-bond acceptors (Lipinski definition) is 6. The lowest BCUT2D eigenvalue weighted by Gasteiger charge is -2.36. The van der Waals surface area contributed by atoms with Crippen LogP contribution >= 0.6 is 0 Å². The number of ether oxygens (including phenoxy) is 2. The fourth-order valence-corrected chi connectivity index (χ4v) is 3.82. The molecule has 8 nitrogen and oxygen atoms in total. The van der Waals surface area contributed by atoms with E-state index in [1.54, 1.807) is 11.8 Å². The van der Waals surface area contributed by atoms with Crippen LogP contribution < -0.4 is 10.1 Å². The lowest BCUT2D eigenvalue weighted by molar-refractivity contribution is -0.129. The van der Waals surface area contributed by atoms with Crippen molar-refractivity contribution in [1.29, 1.82) is 0 Å². The first kappa shape index (κ1) is 19.8. The maximum absolute atomic E-state index is 12.0. The molecular formula is C21H28N4O4. The van der Waals surface area contributed by atoms with Crippen LogP contribution in [0.3, 0.4) is 0 Å². The van der Waals surface area contributed by atoms with Crippen molar-refractivity contribution in [1.82, 2.24) is 20.3 Å². The number of nitrogens with one attached hydrogen (secondary N) is 1. The number of methoxy groups -OCH3 is 1. The molecule has 29 heavy (non-hydrogen) atoms. The summed E-state index contributed by atoms with van der Waals surface area (Å²) in [5.41, 5.74) is 1.67. The van der Waals surface area contributed by atoms with Crippen molar-refractivity contribution < 1.29 is 19.4 Å². The fraction of sp³-hybridized carbons (Fsp3) is 0.571. The number of carbonyl (C=O) groups is 1. The van der Waals surface area contributed by atoms with Crippen molar-refractivity contribution in [3.05, 3.63) is 30.5 Å². The lowest BCUT2D eigenvalue weighted by atomic mass is 9.97. The fourth-order valence-electron chi connectivity index (χ4n) is 3.82. The number of carbonyl (C=O) groups excluding carboxylic acids is 1. The average molecular weight is 400 g/mol. The van der Waals surface area contributed by atoms with Crippen molar-refractivity contribution in [2.45, 2.75) is 56.9 Å². The Kier molecular flexibility index (Phi) is 6.10. The van der Waals surface area contributed by atoms with E-state index in [-0.39, 0.29) is 36.7 Å². The van der Waals surface area contributed by atoms with E-state index in [0.29, 0.717) is 6.54 Å². The summed E-state index contributed by atoms with van der Waals surface area (Å²) < 4.78 is 13.3. The third kappa shape index (κ3) is 4.76. The second-order valence-electron chi connectivity index (χ2n) is 7.80. The Morgan fingerprint density at radius 3 is 2.90 bits per heavy atom. The minimum atomic E-state index is -0.351. The van der Waals surface area contributed by atoms with Crippen molar-refractivity contribution in [3.63, 3.8) is 0 Å². The second kappa shape index (κ2) is 8.92. The zero-order valence-corrected chi connectivity index (χ0v) is 16.7. The smallest absolute Gasteiger partial charge is 0.223 e. The molecule has 3 atom stereocenters. The average Bonchev–Trinajstić information content (AvgIpc) is 3.51. The maximum atomic E-state index is 12.0. The Labute approximate surface area is 170 Å². The minimum absolute atomic E-state index is 0.0279. The zero-order valence-electron chi connectivity index (χ0n) is 16.7. The molecule has 1 amide bonds.